The third-order valence-electron chi connectivity index (χ3n) is 2.54. The van der Waals surface area contributed by atoms with E-state index in [-0.39, 0.29) is 5.82 Å². The van der Waals surface area contributed by atoms with E-state index < -0.39 is 0 Å². The lowest BCUT2D eigenvalue weighted by molar-refractivity contribution is 0.386. The Morgan fingerprint density at radius 2 is 2.19 bits per heavy atom. The lowest BCUT2D eigenvalue weighted by Crippen LogP contribution is -2.21. The van der Waals surface area contributed by atoms with Gasteiger partial charge in [0.15, 0.2) is 11.6 Å². The molecule has 1 aromatic rings. The highest BCUT2D eigenvalue weighted by Gasteiger charge is 2.07. The van der Waals surface area contributed by atoms with Gasteiger partial charge in [0, 0.05) is 0 Å². The van der Waals surface area contributed by atoms with Crippen LogP contribution in [0.5, 0.6) is 5.75 Å². The Balaban J connectivity index is 2.57. The van der Waals surface area contributed by atoms with Crippen LogP contribution < -0.4 is 10.1 Å². The molecule has 0 bridgehead atoms. The molecule has 0 heterocycles. The van der Waals surface area contributed by atoms with Crippen molar-refractivity contribution in [2.45, 2.75) is 20.3 Å². The zero-order chi connectivity index (χ0) is 12.0. The lowest BCUT2D eigenvalue weighted by Gasteiger charge is -2.12. The maximum absolute atomic E-state index is 13.4. The zero-order valence-corrected chi connectivity index (χ0v) is 10.2. The summed E-state index contributed by atoms with van der Waals surface area (Å²) in [6, 6.07) is 5.16. The van der Waals surface area contributed by atoms with Crippen LogP contribution in [0.15, 0.2) is 18.2 Å². The van der Waals surface area contributed by atoms with Gasteiger partial charge in [-0.05, 0) is 43.1 Å². The molecule has 3 heteroatoms. The summed E-state index contributed by atoms with van der Waals surface area (Å²) in [7, 11) is 1.48. The van der Waals surface area contributed by atoms with Gasteiger partial charge in [-0.15, -0.1) is 0 Å². The molecule has 1 rings (SSSR count). The molecule has 1 N–H and O–H groups in total. The maximum atomic E-state index is 13.4. The van der Waals surface area contributed by atoms with Crippen molar-refractivity contribution in [1.82, 2.24) is 5.32 Å². The summed E-state index contributed by atoms with van der Waals surface area (Å²) in [5.41, 5.74) is 1.02. The molecular formula is C13H20FNO. The third kappa shape index (κ3) is 3.81. The van der Waals surface area contributed by atoms with E-state index in [0.717, 1.165) is 25.1 Å². The molecule has 0 saturated heterocycles. The summed E-state index contributed by atoms with van der Waals surface area (Å²) in [5.74, 6) is 0.534. The second-order valence-electron chi connectivity index (χ2n) is 4.09. The number of benzene rings is 1. The predicted molar refractivity (Wildman–Crippen MR) is 64.4 cm³/mol. The standard InChI is InChI=1S/C13H20FNO/c1-4-15-9-10(2)7-11-5-6-13(16-3)12(14)8-11/h5-6,8,10,15H,4,7,9H2,1-3H3. The van der Waals surface area contributed by atoms with E-state index in [1.54, 1.807) is 12.1 Å². The Morgan fingerprint density at radius 1 is 1.44 bits per heavy atom. The van der Waals surface area contributed by atoms with E-state index in [4.69, 9.17) is 4.74 Å². The van der Waals surface area contributed by atoms with Crippen molar-refractivity contribution in [3.05, 3.63) is 29.6 Å². The van der Waals surface area contributed by atoms with Crippen LogP contribution in [0.4, 0.5) is 4.39 Å². The summed E-state index contributed by atoms with van der Waals surface area (Å²) >= 11 is 0. The minimum atomic E-state index is -0.282. The molecule has 0 radical (unpaired) electrons. The molecule has 0 fully saturated rings. The van der Waals surface area contributed by atoms with E-state index in [0.29, 0.717) is 11.7 Å². The summed E-state index contributed by atoms with van der Waals surface area (Å²) in [6.07, 6.45) is 0.883. The molecule has 2 nitrogen and oxygen atoms in total. The van der Waals surface area contributed by atoms with E-state index in [2.05, 4.69) is 19.2 Å². The SMILES string of the molecule is CCNCC(C)Cc1ccc(OC)c(F)c1. The molecule has 0 aromatic heterocycles. The summed E-state index contributed by atoms with van der Waals surface area (Å²) in [5, 5.41) is 3.29. The fourth-order valence-corrected chi connectivity index (χ4v) is 1.70. The third-order valence-corrected chi connectivity index (χ3v) is 2.54. The molecule has 1 atom stereocenters. The molecule has 1 aromatic carbocycles. The van der Waals surface area contributed by atoms with Gasteiger partial charge < -0.3 is 10.1 Å². The fraction of sp³-hybridized carbons (Fsp3) is 0.538. The van der Waals surface area contributed by atoms with Gasteiger partial charge in [-0.1, -0.05) is 19.9 Å². The largest absolute Gasteiger partial charge is 0.494 e. The Kier molecular flexibility index (Phi) is 5.26. The van der Waals surface area contributed by atoms with Crippen molar-refractivity contribution < 1.29 is 9.13 Å². The molecule has 1 unspecified atom stereocenters. The minimum Gasteiger partial charge on any atom is -0.494 e. The van der Waals surface area contributed by atoms with Gasteiger partial charge in [0.05, 0.1) is 7.11 Å². The van der Waals surface area contributed by atoms with Crippen molar-refractivity contribution in [3.63, 3.8) is 0 Å². The van der Waals surface area contributed by atoms with Gasteiger partial charge in [-0.3, -0.25) is 0 Å². The first-order valence-electron chi connectivity index (χ1n) is 5.70. The number of hydrogen-bond donors (Lipinski definition) is 1. The van der Waals surface area contributed by atoms with Crippen LogP contribution in [0.2, 0.25) is 0 Å². The normalized spacial score (nSPS) is 12.5. The molecule has 0 amide bonds. The highest BCUT2D eigenvalue weighted by Crippen LogP contribution is 2.19. The van der Waals surface area contributed by atoms with Gasteiger partial charge in [0.2, 0.25) is 0 Å². The summed E-state index contributed by atoms with van der Waals surface area (Å²) in [6.45, 7) is 6.18. The molecule has 16 heavy (non-hydrogen) atoms. The van der Waals surface area contributed by atoms with E-state index >= 15 is 0 Å². The Labute approximate surface area is 96.8 Å². The zero-order valence-electron chi connectivity index (χ0n) is 10.2. The van der Waals surface area contributed by atoms with Gasteiger partial charge >= 0.3 is 0 Å². The topological polar surface area (TPSA) is 21.3 Å². The van der Waals surface area contributed by atoms with Gasteiger partial charge in [0.25, 0.3) is 0 Å². The molecule has 90 valence electrons. The van der Waals surface area contributed by atoms with Crippen LogP contribution >= 0.6 is 0 Å². The highest BCUT2D eigenvalue weighted by atomic mass is 19.1. The van der Waals surface area contributed by atoms with Crippen LogP contribution in [0.1, 0.15) is 19.4 Å². The number of rotatable bonds is 6. The molecule has 0 saturated carbocycles. The molecule has 0 spiro atoms. The Bertz CT molecular complexity index is 328. The highest BCUT2D eigenvalue weighted by molar-refractivity contribution is 5.29. The minimum absolute atomic E-state index is 0.282. The molecule has 0 aliphatic carbocycles. The number of hydrogen-bond acceptors (Lipinski definition) is 2. The first-order chi connectivity index (χ1) is 7.67. The first kappa shape index (κ1) is 13.0. The molecule has 0 aliphatic rings. The smallest absolute Gasteiger partial charge is 0.165 e. The van der Waals surface area contributed by atoms with Crippen molar-refractivity contribution in [2.24, 2.45) is 5.92 Å². The number of halogens is 1. The summed E-state index contributed by atoms with van der Waals surface area (Å²) < 4.78 is 18.3. The number of ether oxygens (including phenoxy) is 1. The van der Waals surface area contributed by atoms with Crippen molar-refractivity contribution in [1.29, 1.82) is 0 Å². The van der Waals surface area contributed by atoms with Gasteiger partial charge in [-0.2, -0.15) is 0 Å². The van der Waals surface area contributed by atoms with Gasteiger partial charge in [-0.25, -0.2) is 4.39 Å². The lowest BCUT2D eigenvalue weighted by atomic mass is 10.0. The van der Waals surface area contributed by atoms with Crippen molar-refractivity contribution >= 4 is 0 Å². The van der Waals surface area contributed by atoms with Crippen LogP contribution in [-0.2, 0) is 6.42 Å². The van der Waals surface area contributed by atoms with E-state index in [1.165, 1.54) is 7.11 Å². The molecular weight excluding hydrogens is 205 g/mol. The quantitative estimate of drug-likeness (QED) is 0.803. The van der Waals surface area contributed by atoms with Crippen LogP contribution in [0, 0.1) is 11.7 Å². The number of nitrogens with one attached hydrogen (secondary N) is 1. The first-order valence-corrected chi connectivity index (χ1v) is 5.70. The van der Waals surface area contributed by atoms with E-state index in [9.17, 15) is 4.39 Å². The average molecular weight is 225 g/mol. The Morgan fingerprint density at radius 3 is 2.75 bits per heavy atom. The number of methoxy groups -OCH3 is 1. The maximum Gasteiger partial charge on any atom is 0.165 e. The monoisotopic (exact) mass is 225 g/mol. The van der Waals surface area contributed by atoms with E-state index in [1.807, 2.05) is 6.07 Å². The average Bonchev–Trinajstić information content (AvgIpc) is 2.26. The predicted octanol–water partition coefficient (Wildman–Crippen LogP) is 2.62. The molecule has 0 aliphatic heterocycles. The van der Waals surface area contributed by atoms with Crippen LogP contribution in [-0.4, -0.2) is 20.2 Å². The van der Waals surface area contributed by atoms with Crippen molar-refractivity contribution in [2.75, 3.05) is 20.2 Å². The fourth-order valence-electron chi connectivity index (χ4n) is 1.70. The van der Waals surface area contributed by atoms with Gasteiger partial charge in [0.1, 0.15) is 0 Å². The second kappa shape index (κ2) is 6.48. The van der Waals surface area contributed by atoms with Crippen LogP contribution in [0.3, 0.4) is 0 Å². The van der Waals surface area contributed by atoms with Crippen molar-refractivity contribution in [3.8, 4) is 5.75 Å². The van der Waals surface area contributed by atoms with Crippen LogP contribution in [0.25, 0.3) is 0 Å². The second-order valence-corrected chi connectivity index (χ2v) is 4.09. The Hall–Kier alpha value is -1.09. The summed E-state index contributed by atoms with van der Waals surface area (Å²) in [4.78, 5) is 0.